The molecule has 1 aliphatic rings. The molecule has 124 valence electrons. The number of piperidine rings is 1. The van der Waals surface area contributed by atoms with Crippen LogP contribution in [0.2, 0.25) is 0 Å². The molecule has 1 saturated heterocycles. The summed E-state index contributed by atoms with van der Waals surface area (Å²) in [4.78, 5) is 25.7. The highest BCUT2D eigenvalue weighted by atomic mass is 16.6. The topological polar surface area (TPSA) is 63.4 Å². The van der Waals surface area contributed by atoms with Gasteiger partial charge in [-0.2, -0.15) is 0 Å². The van der Waals surface area contributed by atoms with Gasteiger partial charge in [-0.15, -0.1) is 0 Å². The molecule has 0 saturated carbocycles. The lowest BCUT2D eigenvalue weighted by molar-refractivity contribution is -0.384. The molecular formula is C19H20N2O3. The van der Waals surface area contributed by atoms with Gasteiger partial charge < -0.3 is 4.90 Å². The van der Waals surface area contributed by atoms with E-state index in [0.29, 0.717) is 17.0 Å². The number of ketones is 1. The van der Waals surface area contributed by atoms with Crippen LogP contribution in [0, 0.1) is 16.0 Å². The van der Waals surface area contributed by atoms with Gasteiger partial charge in [-0.3, -0.25) is 14.9 Å². The third kappa shape index (κ3) is 3.30. The number of hydrogen-bond donors (Lipinski definition) is 0. The van der Waals surface area contributed by atoms with Crippen molar-refractivity contribution in [2.24, 2.45) is 5.92 Å². The number of nitro groups is 1. The monoisotopic (exact) mass is 324 g/mol. The number of carbonyl (C=O) groups is 1. The van der Waals surface area contributed by atoms with E-state index in [4.69, 9.17) is 0 Å². The van der Waals surface area contributed by atoms with Crippen LogP contribution in [0.15, 0.2) is 48.5 Å². The quantitative estimate of drug-likeness (QED) is 0.483. The maximum absolute atomic E-state index is 12.9. The highest BCUT2D eigenvalue weighted by Crippen LogP contribution is 2.30. The molecule has 1 heterocycles. The molecule has 0 atom stereocenters. The maximum Gasteiger partial charge on any atom is 0.270 e. The Morgan fingerprint density at radius 1 is 1.12 bits per heavy atom. The van der Waals surface area contributed by atoms with Crippen molar-refractivity contribution in [2.45, 2.75) is 19.8 Å². The molecule has 5 nitrogen and oxygen atoms in total. The van der Waals surface area contributed by atoms with Gasteiger partial charge in [-0.05, 0) is 24.8 Å². The number of nitro benzene ring substituents is 1. The minimum absolute atomic E-state index is 0.0524. The van der Waals surface area contributed by atoms with Crippen LogP contribution in [0.1, 0.15) is 35.7 Å². The summed E-state index contributed by atoms with van der Waals surface area (Å²) in [5.74, 6) is 0.500. The largest absolute Gasteiger partial charge is 0.371 e. The van der Waals surface area contributed by atoms with Crippen molar-refractivity contribution < 1.29 is 9.72 Å². The van der Waals surface area contributed by atoms with E-state index in [1.807, 2.05) is 6.07 Å². The fourth-order valence-electron chi connectivity index (χ4n) is 3.09. The van der Waals surface area contributed by atoms with E-state index in [1.165, 1.54) is 12.1 Å². The van der Waals surface area contributed by atoms with Crippen LogP contribution in [0.25, 0.3) is 0 Å². The minimum atomic E-state index is -0.455. The Hall–Kier alpha value is -2.69. The Bertz CT molecular complexity index is 750. The van der Waals surface area contributed by atoms with Gasteiger partial charge in [0.05, 0.1) is 10.5 Å². The molecule has 3 rings (SSSR count). The van der Waals surface area contributed by atoms with E-state index in [0.717, 1.165) is 31.6 Å². The van der Waals surface area contributed by atoms with Gasteiger partial charge in [0.1, 0.15) is 0 Å². The predicted octanol–water partition coefficient (Wildman–Crippen LogP) is 4.06. The van der Waals surface area contributed by atoms with Crippen LogP contribution in [0.5, 0.6) is 0 Å². The maximum atomic E-state index is 12.9. The second-order valence-electron chi connectivity index (χ2n) is 6.32. The first kappa shape index (κ1) is 16.2. The normalized spacial score (nSPS) is 15.3. The zero-order valence-corrected chi connectivity index (χ0v) is 13.6. The van der Waals surface area contributed by atoms with Crippen molar-refractivity contribution in [3.8, 4) is 0 Å². The van der Waals surface area contributed by atoms with Crippen LogP contribution in [-0.2, 0) is 0 Å². The predicted molar refractivity (Wildman–Crippen MR) is 93.6 cm³/mol. The fraction of sp³-hybridized carbons (Fsp3) is 0.316. The van der Waals surface area contributed by atoms with Gasteiger partial charge in [0.2, 0.25) is 0 Å². The average molecular weight is 324 g/mol. The molecule has 2 aromatic rings. The average Bonchev–Trinajstić information content (AvgIpc) is 2.62. The number of rotatable bonds is 4. The second-order valence-corrected chi connectivity index (χ2v) is 6.32. The fourth-order valence-corrected chi connectivity index (χ4v) is 3.09. The number of anilines is 1. The van der Waals surface area contributed by atoms with Crippen molar-refractivity contribution >= 4 is 17.2 Å². The highest BCUT2D eigenvalue weighted by molar-refractivity contribution is 6.12. The summed E-state index contributed by atoms with van der Waals surface area (Å²) in [6, 6.07) is 13.5. The standard InChI is InChI=1S/C19H20N2O3/c1-14-9-11-20(12-10-14)18-8-7-16(21(23)24)13-17(18)19(22)15-5-3-2-4-6-15/h2-8,13-14H,9-12H2,1H3. The Kier molecular flexibility index (Phi) is 4.60. The van der Waals surface area contributed by atoms with Gasteiger partial charge in [-0.1, -0.05) is 37.3 Å². The van der Waals surface area contributed by atoms with E-state index in [-0.39, 0.29) is 11.5 Å². The Labute approximate surface area is 141 Å². The van der Waals surface area contributed by atoms with E-state index in [1.54, 1.807) is 30.3 Å². The minimum Gasteiger partial charge on any atom is -0.371 e. The third-order valence-corrected chi connectivity index (χ3v) is 4.60. The molecule has 2 aromatic carbocycles. The van der Waals surface area contributed by atoms with Crippen molar-refractivity contribution in [1.29, 1.82) is 0 Å². The van der Waals surface area contributed by atoms with Crippen molar-refractivity contribution in [2.75, 3.05) is 18.0 Å². The summed E-state index contributed by atoms with van der Waals surface area (Å²) in [6.07, 6.45) is 2.13. The summed E-state index contributed by atoms with van der Waals surface area (Å²) < 4.78 is 0. The first-order valence-electron chi connectivity index (χ1n) is 8.19. The molecule has 0 amide bonds. The third-order valence-electron chi connectivity index (χ3n) is 4.60. The van der Waals surface area contributed by atoms with Gasteiger partial charge >= 0.3 is 0 Å². The zero-order chi connectivity index (χ0) is 17.1. The van der Waals surface area contributed by atoms with E-state index in [9.17, 15) is 14.9 Å². The smallest absolute Gasteiger partial charge is 0.270 e. The summed E-state index contributed by atoms with van der Waals surface area (Å²) in [7, 11) is 0. The summed E-state index contributed by atoms with van der Waals surface area (Å²) in [5, 5.41) is 11.1. The van der Waals surface area contributed by atoms with Crippen LogP contribution in [-0.4, -0.2) is 23.8 Å². The van der Waals surface area contributed by atoms with Gasteiger partial charge in [0.15, 0.2) is 5.78 Å². The molecule has 1 aliphatic heterocycles. The van der Waals surface area contributed by atoms with Crippen molar-refractivity contribution in [3.05, 3.63) is 69.8 Å². The first-order valence-corrected chi connectivity index (χ1v) is 8.19. The van der Waals surface area contributed by atoms with Crippen LogP contribution in [0.4, 0.5) is 11.4 Å². The van der Waals surface area contributed by atoms with E-state index < -0.39 is 4.92 Å². The number of hydrogen-bond acceptors (Lipinski definition) is 4. The van der Waals surface area contributed by atoms with Crippen LogP contribution < -0.4 is 4.90 Å². The number of benzene rings is 2. The number of nitrogens with zero attached hydrogens (tertiary/aromatic N) is 2. The number of non-ortho nitro benzene ring substituents is 1. The molecule has 0 radical (unpaired) electrons. The molecule has 5 heteroatoms. The van der Waals surface area contributed by atoms with Crippen molar-refractivity contribution in [1.82, 2.24) is 0 Å². The number of carbonyl (C=O) groups excluding carboxylic acids is 1. The molecule has 0 N–H and O–H groups in total. The molecule has 1 fully saturated rings. The Balaban J connectivity index is 2.02. The second kappa shape index (κ2) is 6.83. The summed E-state index contributed by atoms with van der Waals surface area (Å²) >= 11 is 0. The van der Waals surface area contributed by atoms with E-state index >= 15 is 0 Å². The van der Waals surface area contributed by atoms with Crippen LogP contribution in [0.3, 0.4) is 0 Å². The zero-order valence-electron chi connectivity index (χ0n) is 13.6. The first-order chi connectivity index (χ1) is 11.6. The molecule has 0 unspecified atom stereocenters. The molecular weight excluding hydrogens is 304 g/mol. The van der Waals surface area contributed by atoms with Crippen LogP contribution >= 0.6 is 0 Å². The molecule has 0 spiro atoms. The lowest BCUT2D eigenvalue weighted by Crippen LogP contribution is -2.33. The van der Waals surface area contributed by atoms with Gasteiger partial charge in [0.25, 0.3) is 5.69 Å². The Morgan fingerprint density at radius 2 is 1.79 bits per heavy atom. The lowest BCUT2D eigenvalue weighted by atomic mass is 9.96. The van der Waals surface area contributed by atoms with Crippen molar-refractivity contribution in [3.63, 3.8) is 0 Å². The summed E-state index contributed by atoms with van der Waals surface area (Å²) in [5.41, 5.74) is 1.69. The lowest BCUT2D eigenvalue weighted by Gasteiger charge is -2.33. The SMILES string of the molecule is CC1CCN(c2ccc([N+](=O)[O-])cc2C(=O)c2ccccc2)CC1. The summed E-state index contributed by atoms with van der Waals surface area (Å²) in [6.45, 7) is 3.96. The molecule has 0 aliphatic carbocycles. The molecule has 24 heavy (non-hydrogen) atoms. The highest BCUT2D eigenvalue weighted by Gasteiger charge is 2.24. The van der Waals surface area contributed by atoms with Gasteiger partial charge in [0, 0.05) is 36.5 Å². The molecule has 0 bridgehead atoms. The van der Waals surface area contributed by atoms with E-state index in [2.05, 4.69) is 11.8 Å². The molecule has 0 aromatic heterocycles. The Morgan fingerprint density at radius 3 is 2.42 bits per heavy atom. The van der Waals surface area contributed by atoms with Gasteiger partial charge in [-0.25, -0.2) is 0 Å².